The number of hydrogen-bond donors (Lipinski definition) is 1. The fourth-order valence-electron chi connectivity index (χ4n) is 1.93. The van der Waals surface area contributed by atoms with Crippen LogP contribution < -0.4 is 5.73 Å². The lowest BCUT2D eigenvalue weighted by molar-refractivity contribution is 0.325. The van der Waals surface area contributed by atoms with Crippen molar-refractivity contribution in [2.75, 3.05) is 13.1 Å². The highest BCUT2D eigenvalue weighted by atomic mass is 35.5. The topological polar surface area (TPSA) is 42.1 Å². The van der Waals surface area contributed by atoms with Gasteiger partial charge >= 0.3 is 0 Å². The Balaban J connectivity index is 0.00000144. The quantitative estimate of drug-likeness (QED) is 0.913. The van der Waals surface area contributed by atoms with E-state index in [4.69, 9.17) is 10.7 Å². The third kappa shape index (κ3) is 4.67. The van der Waals surface area contributed by atoms with E-state index in [0.717, 1.165) is 26.1 Å². The summed E-state index contributed by atoms with van der Waals surface area (Å²) in [7, 11) is 0. The molecule has 0 amide bonds. The van der Waals surface area contributed by atoms with Gasteiger partial charge in [0, 0.05) is 29.9 Å². The maximum absolute atomic E-state index is 5.89. The van der Waals surface area contributed by atoms with Crippen LogP contribution in [0.1, 0.15) is 37.9 Å². The first-order valence-corrected chi connectivity index (χ1v) is 6.76. The number of thiazole rings is 1. The summed E-state index contributed by atoms with van der Waals surface area (Å²) in [6.07, 6.45) is 1.12. The van der Waals surface area contributed by atoms with Crippen LogP contribution in [-0.4, -0.2) is 29.0 Å². The number of nitrogens with zero attached hydrogens (tertiary/aromatic N) is 2. The zero-order valence-corrected chi connectivity index (χ0v) is 13.6. The minimum absolute atomic E-state index is 0. The molecule has 1 aliphatic rings. The van der Waals surface area contributed by atoms with E-state index in [1.165, 1.54) is 10.7 Å². The second kappa shape index (κ2) is 7.06. The Bertz CT molecular complexity index is 362. The normalized spacial score (nSPS) is 20.3. The van der Waals surface area contributed by atoms with Crippen molar-refractivity contribution in [2.24, 2.45) is 5.73 Å². The smallest absolute Gasteiger partial charge is 0.107 e. The van der Waals surface area contributed by atoms with Crippen molar-refractivity contribution in [1.82, 2.24) is 9.88 Å². The molecule has 0 saturated carbocycles. The molecule has 0 aliphatic carbocycles. The molecule has 1 saturated heterocycles. The summed E-state index contributed by atoms with van der Waals surface area (Å²) in [5.74, 6) is 0. The number of nitrogens with two attached hydrogens (primary N) is 1. The summed E-state index contributed by atoms with van der Waals surface area (Å²) in [5, 5.41) is 3.41. The van der Waals surface area contributed by atoms with Crippen LogP contribution in [0.2, 0.25) is 0 Å². The first-order valence-electron chi connectivity index (χ1n) is 5.88. The maximum Gasteiger partial charge on any atom is 0.107 e. The molecular weight excluding hydrogens is 289 g/mol. The summed E-state index contributed by atoms with van der Waals surface area (Å²) >= 11 is 1.77. The fraction of sp³-hybridized carbons (Fsp3) is 0.750. The largest absolute Gasteiger partial charge is 0.326 e. The van der Waals surface area contributed by atoms with E-state index in [1.807, 2.05) is 0 Å². The average molecular weight is 312 g/mol. The van der Waals surface area contributed by atoms with Crippen molar-refractivity contribution >= 4 is 36.2 Å². The summed E-state index contributed by atoms with van der Waals surface area (Å²) in [6, 6.07) is 0.363. The van der Waals surface area contributed by atoms with Crippen molar-refractivity contribution in [2.45, 2.75) is 45.2 Å². The molecule has 1 atom stereocenters. The van der Waals surface area contributed by atoms with Crippen LogP contribution in [0, 0.1) is 0 Å². The van der Waals surface area contributed by atoms with Crippen molar-refractivity contribution in [3.8, 4) is 0 Å². The summed E-state index contributed by atoms with van der Waals surface area (Å²) in [6.45, 7) is 9.72. The number of likely N-dealkylation sites (tertiary alicyclic amines) is 1. The van der Waals surface area contributed by atoms with Crippen LogP contribution in [0.5, 0.6) is 0 Å². The second-order valence-corrected chi connectivity index (χ2v) is 6.60. The highest BCUT2D eigenvalue weighted by molar-refractivity contribution is 7.09. The lowest BCUT2D eigenvalue weighted by atomic mass is 9.93. The van der Waals surface area contributed by atoms with Gasteiger partial charge in [0.2, 0.25) is 0 Å². The van der Waals surface area contributed by atoms with Crippen LogP contribution in [0.15, 0.2) is 5.38 Å². The third-order valence-electron chi connectivity index (χ3n) is 2.99. The molecule has 3 nitrogen and oxygen atoms in total. The van der Waals surface area contributed by atoms with E-state index in [0.29, 0.717) is 6.04 Å². The second-order valence-electron chi connectivity index (χ2n) is 5.66. The molecule has 2 rings (SSSR count). The van der Waals surface area contributed by atoms with Gasteiger partial charge in [-0.1, -0.05) is 20.8 Å². The monoisotopic (exact) mass is 311 g/mol. The number of hydrogen-bond acceptors (Lipinski definition) is 4. The molecule has 0 bridgehead atoms. The molecule has 1 aliphatic heterocycles. The van der Waals surface area contributed by atoms with Gasteiger partial charge in [-0.05, 0) is 6.42 Å². The molecule has 0 spiro atoms. The van der Waals surface area contributed by atoms with E-state index in [9.17, 15) is 0 Å². The Kier molecular flexibility index (Phi) is 7.11. The van der Waals surface area contributed by atoms with Gasteiger partial charge in [0.15, 0.2) is 0 Å². The van der Waals surface area contributed by atoms with Crippen LogP contribution >= 0.6 is 36.2 Å². The molecule has 1 fully saturated rings. The highest BCUT2D eigenvalue weighted by Crippen LogP contribution is 2.25. The molecule has 18 heavy (non-hydrogen) atoms. The minimum Gasteiger partial charge on any atom is -0.326 e. The SMILES string of the molecule is CC(C)(C)c1csc(CN2CC[C@H](N)C2)n1.Cl.Cl. The molecule has 6 heteroatoms. The molecule has 106 valence electrons. The predicted molar refractivity (Wildman–Crippen MR) is 83.2 cm³/mol. The number of rotatable bonds is 2. The average Bonchev–Trinajstić information content (AvgIpc) is 2.74. The molecule has 1 aromatic rings. The predicted octanol–water partition coefficient (Wildman–Crippen LogP) is 2.82. The molecule has 0 radical (unpaired) electrons. The zero-order valence-electron chi connectivity index (χ0n) is 11.2. The Hall–Kier alpha value is 0.130. The Morgan fingerprint density at radius 1 is 1.44 bits per heavy atom. The molecule has 2 heterocycles. The van der Waals surface area contributed by atoms with Gasteiger partial charge in [-0.15, -0.1) is 36.2 Å². The Morgan fingerprint density at radius 2 is 2.11 bits per heavy atom. The molecule has 0 unspecified atom stereocenters. The molecule has 1 aromatic heterocycles. The summed E-state index contributed by atoms with van der Waals surface area (Å²) in [5.41, 5.74) is 7.26. The van der Waals surface area contributed by atoms with Gasteiger partial charge in [0.05, 0.1) is 12.2 Å². The van der Waals surface area contributed by atoms with E-state index < -0.39 is 0 Å². The number of halogens is 2. The minimum atomic E-state index is 0. The van der Waals surface area contributed by atoms with Crippen molar-refractivity contribution in [3.05, 3.63) is 16.1 Å². The van der Waals surface area contributed by atoms with Gasteiger partial charge in [0.1, 0.15) is 5.01 Å². The van der Waals surface area contributed by atoms with Gasteiger partial charge in [-0.3, -0.25) is 4.90 Å². The van der Waals surface area contributed by atoms with Crippen LogP contribution in [-0.2, 0) is 12.0 Å². The first kappa shape index (κ1) is 18.1. The van der Waals surface area contributed by atoms with Gasteiger partial charge in [0.25, 0.3) is 0 Å². The van der Waals surface area contributed by atoms with Crippen molar-refractivity contribution < 1.29 is 0 Å². The van der Waals surface area contributed by atoms with E-state index in [2.05, 4.69) is 31.1 Å². The standard InChI is InChI=1S/C12H21N3S.2ClH/c1-12(2,3)10-8-16-11(14-10)7-15-5-4-9(13)6-15;;/h8-9H,4-7,13H2,1-3H3;2*1H/t9-;;/m0../s1. The number of aromatic nitrogens is 1. The van der Waals surface area contributed by atoms with E-state index in [1.54, 1.807) is 11.3 Å². The third-order valence-corrected chi connectivity index (χ3v) is 3.82. The summed E-state index contributed by atoms with van der Waals surface area (Å²) in [4.78, 5) is 7.10. The van der Waals surface area contributed by atoms with E-state index >= 15 is 0 Å². The Morgan fingerprint density at radius 3 is 2.56 bits per heavy atom. The van der Waals surface area contributed by atoms with Crippen molar-refractivity contribution in [1.29, 1.82) is 0 Å². The van der Waals surface area contributed by atoms with Crippen LogP contribution in [0.3, 0.4) is 0 Å². The molecular formula is C12H23Cl2N3S. The van der Waals surface area contributed by atoms with Crippen LogP contribution in [0.25, 0.3) is 0 Å². The van der Waals surface area contributed by atoms with Crippen LogP contribution in [0.4, 0.5) is 0 Å². The van der Waals surface area contributed by atoms with E-state index in [-0.39, 0.29) is 30.2 Å². The molecule has 0 aromatic carbocycles. The zero-order chi connectivity index (χ0) is 11.8. The highest BCUT2D eigenvalue weighted by Gasteiger charge is 2.22. The van der Waals surface area contributed by atoms with Gasteiger partial charge in [-0.25, -0.2) is 4.98 Å². The first-order chi connectivity index (χ1) is 7.45. The van der Waals surface area contributed by atoms with Gasteiger partial charge in [-0.2, -0.15) is 0 Å². The Labute approximate surface area is 126 Å². The van der Waals surface area contributed by atoms with Gasteiger partial charge < -0.3 is 5.73 Å². The lowest BCUT2D eigenvalue weighted by Gasteiger charge is -2.15. The maximum atomic E-state index is 5.89. The van der Waals surface area contributed by atoms with Crippen molar-refractivity contribution in [3.63, 3.8) is 0 Å². The lowest BCUT2D eigenvalue weighted by Crippen LogP contribution is -2.26. The summed E-state index contributed by atoms with van der Waals surface area (Å²) < 4.78 is 0. The fourth-order valence-corrected chi connectivity index (χ4v) is 2.99. The molecule has 2 N–H and O–H groups in total.